The molecule has 0 saturated carbocycles. The number of unbranched alkanes of at least 4 members (excludes halogenated alkanes) is 31. The lowest BCUT2D eigenvalue weighted by Crippen LogP contribution is -2.30. The zero-order valence-corrected chi connectivity index (χ0v) is 56.1. The smallest absolute Gasteiger partial charge is 0.462 e. The van der Waals surface area contributed by atoms with E-state index in [4.69, 9.17) is 37.0 Å². The Balaban J connectivity index is 5.22. The van der Waals surface area contributed by atoms with Crippen molar-refractivity contribution in [1.82, 2.24) is 0 Å². The summed E-state index contributed by atoms with van der Waals surface area (Å²) in [5, 5.41) is 10.5. The topological polar surface area (TPSA) is 237 Å². The summed E-state index contributed by atoms with van der Waals surface area (Å²) in [6.45, 7) is 11.7. The minimum absolute atomic E-state index is 0.104. The second kappa shape index (κ2) is 56.3. The number of phosphoric ester groups is 2. The normalized spacial score (nSPS) is 14.3. The van der Waals surface area contributed by atoms with Crippen LogP contribution in [0.25, 0.3) is 0 Å². The molecule has 0 amide bonds. The molecule has 0 aliphatic rings. The van der Waals surface area contributed by atoms with Crippen molar-refractivity contribution >= 4 is 39.5 Å². The van der Waals surface area contributed by atoms with E-state index in [1.807, 2.05) is 0 Å². The first-order valence-electron chi connectivity index (χ1n) is 33.8. The number of hydrogen-bond acceptors (Lipinski definition) is 15. The Morgan fingerprint density at radius 1 is 0.321 bits per heavy atom. The Hall–Kier alpha value is -1.94. The van der Waals surface area contributed by atoms with Gasteiger partial charge in [-0.15, -0.1) is 0 Å². The zero-order valence-electron chi connectivity index (χ0n) is 54.4. The Kier molecular flexibility index (Phi) is 55.0. The maximum atomic E-state index is 13.0. The van der Waals surface area contributed by atoms with Crippen LogP contribution in [0.5, 0.6) is 0 Å². The van der Waals surface area contributed by atoms with Crippen LogP contribution in [-0.2, 0) is 65.4 Å². The van der Waals surface area contributed by atoms with Gasteiger partial charge in [0.1, 0.15) is 19.3 Å². The fourth-order valence-electron chi connectivity index (χ4n) is 9.66. The number of ether oxygens (including phenoxy) is 4. The molecule has 0 aromatic rings. The van der Waals surface area contributed by atoms with Gasteiger partial charge in [-0.25, -0.2) is 9.13 Å². The maximum absolute atomic E-state index is 13.0. The Labute approximate surface area is 511 Å². The predicted octanol–water partition coefficient (Wildman–Crippen LogP) is 17.9. The van der Waals surface area contributed by atoms with Gasteiger partial charge in [0.05, 0.1) is 26.4 Å². The second-order valence-electron chi connectivity index (χ2n) is 24.9. The first-order chi connectivity index (χ1) is 40.2. The van der Waals surface area contributed by atoms with E-state index in [0.717, 1.165) is 120 Å². The summed E-state index contributed by atoms with van der Waals surface area (Å²) in [6, 6.07) is 0. The van der Waals surface area contributed by atoms with E-state index in [9.17, 15) is 43.2 Å². The lowest BCUT2D eigenvalue weighted by atomic mass is 10.0. The van der Waals surface area contributed by atoms with Crippen LogP contribution in [0.4, 0.5) is 0 Å². The Morgan fingerprint density at radius 3 is 0.810 bits per heavy atom. The molecule has 0 aliphatic heterocycles. The molecule has 84 heavy (non-hydrogen) atoms. The van der Waals surface area contributed by atoms with Crippen molar-refractivity contribution in [3.63, 3.8) is 0 Å². The van der Waals surface area contributed by atoms with Gasteiger partial charge in [-0.1, -0.05) is 267 Å². The highest BCUT2D eigenvalue weighted by Crippen LogP contribution is 2.45. The quantitative estimate of drug-likeness (QED) is 0.0222. The molecule has 0 saturated heterocycles. The Morgan fingerprint density at radius 2 is 0.548 bits per heavy atom. The fourth-order valence-corrected chi connectivity index (χ4v) is 11.2. The summed E-state index contributed by atoms with van der Waals surface area (Å²) >= 11 is 0. The molecule has 0 rings (SSSR count). The summed E-state index contributed by atoms with van der Waals surface area (Å²) in [7, 11) is -9.89. The van der Waals surface area contributed by atoms with Crippen LogP contribution in [0.1, 0.15) is 318 Å². The van der Waals surface area contributed by atoms with Gasteiger partial charge in [0.15, 0.2) is 12.2 Å². The highest BCUT2D eigenvalue weighted by Gasteiger charge is 2.30. The second-order valence-corrected chi connectivity index (χ2v) is 27.8. The molecule has 0 aromatic heterocycles. The van der Waals surface area contributed by atoms with Gasteiger partial charge >= 0.3 is 39.5 Å². The average Bonchev–Trinajstić information content (AvgIpc) is 3.45. The minimum atomic E-state index is -4.95. The van der Waals surface area contributed by atoms with E-state index in [0.29, 0.717) is 25.7 Å². The number of carbonyl (C=O) groups is 4. The van der Waals surface area contributed by atoms with E-state index in [1.54, 1.807) is 0 Å². The lowest BCUT2D eigenvalue weighted by molar-refractivity contribution is -0.161. The average molecular weight is 1240 g/mol. The van der Waals surface area contributed by atoms with Gasteiger partial charge in [-0.3, -0.25) is 37.3 Å². The largest absolute Gasteiger partial charge is 0.472 e. The fraction of sp³-hybridized carbons (Fsp3) is 0.938. The zero-order chi connectivity index (χ0) is 62.4. The van der Waals surface area contributed by atoms with Crippen molar-refractivity contribution < 1.29 is 80.2 Å². The summed E-state index contributed by atoms with van der Waals surface area (Å²) < 4.78 is 68.0. The highest BCUT2D eigenvalue weighted by atomic mass is 31.2. The molecule has 0 bridgehead atoms. The van der Waals surface area contributed by atoms with Gasteiger partial charge < -0.3 is 33.8 Å². The van der Waals surface area contributed by atoms with Gasteiger partial charge in [0, 0.05) is 25.7 Å². The number of hydrogen-bond donors (Lipinski definition) is 3. The molecule has 5 atom stereocenters. The molecule has 17 nitrogen and oxygen atoms in total. The standard InChI is InChI=1S/C65H126O17P2/c1-8-9-10-11-22-32-39-46-62(67)75-52-60(82-65(70)49-42-35-28-21-19-25-31-38-45-58(6)7)54-79-83(71,72)77-50-59(66)51-78-84(73,74)80-55-61(53-76-63(68)47-40-33-26-20-18-24-30-37-44-57(4)5)81-64(69)48-41-34-27-17-15-13-12-14-16-23-29-36-43-56(2)3/h56-61,66H,8-55H2,1-7H3,(H,71,72)(H,73,74)/t59-,60+,61+/m0/s1. The van der Waals surface area contributed by atoms with E-state index >= 15 is 0 Å². The SMILES string of the molecule is CCCCCCCCCC(=O)OC[C@H](COP(=O)(O)OC[C@H](O)COP(=O)(O)OC[C@@H](COC(=O)CCCCCCCCCCC(C)C)OC(=O)CCCCCCCCCCCCCCC(C)C)OC(=O)CCCCCCCCCCC(C)C. The number of rotatable bonds is 63. The van der Waals surface area contributed by atoms with Crippen molar-refractivity contribution in [2.45, 2.75) is 336 Å². The maximum Gasteiger partial charge on any atom is 0.472 e. The number of carbonyl (C=O) groups excluding carboxylic acids is 4. The molecule has 2 unspecified atom stereocenters. The van der Waals surface area contributed by atoms with Crippen LogP contribution < -0.4 is 0 Å². The summed E-state index contributed by atoms with van der Waals surface area (Å²) in [5.41, 5.74) is 0. The lowest BCUT2D eigenvalue weighted by Gasteiger charge is -2.21. The van der Waals surface area contributed by atoms with E-state index in [1.165, 1.54) is 116 Å². The molecule has 0 heterocycles. The van der Waals surface area contributed by atoms with Crippen molar-refractivity contribution in [1.29, 1.82) is 0 Å². The van der Waals surface area contributed by atoms with Crippen molar-refractivity contribution in [2.75, 3.05) is 39.6 Å². The number of aliphatic hydroxyl groups is 1. The van der Waals surface area contributed by atoms with Gasteiger partial charge in [0.2, 0.25) is 0 Å². The highest BCUT2D eigenvalue weighted by molar-refractivity contribution is 7.47. The Bertz CT molecular complexity index is 1660. The third kappa shape index (κ3) is 59.0. The van der Waals surface area contributed by atoms with Crippen LogP contribution in [0.3, 0.4) is 0 Å². The molecule has 3 N–H and O–H groups in total. The van der Waals surface area contributed by atoms with E-state index < -0.39 is 97.5 Å². The number of esters is 4. The third-order valence-corrected chi connectivity index (χ3v) is 16.8. The van der Waals surface area contributed by atoms with Crippen LogP contribution in [0, 0.1) is 17.8 Å². The molecular formula is C65H126O17P2. The summed E-state index contributed by atoms with van der Waals surface area (Å²) in [5.74, 6) is 0.0820. The molecule has 0 fully saturated rings. The molecule has 0 spiro atoms. The number of aliphatic hydroxyl groups excluding tert-OH is 1. The van der Waals surface area contributed by atoms with E-state index in [2.05, 4.69) is 48.5 Å². The summed E-state index contributed by atoms with van der Waals surface area (Å²) in [6.07, 6.45) is 37.7. The third-order valence-electron chi connectivity index (χ3n) is 14.9. The number of phosphoric acid groups is 2. The van der Waals surface area contributed by atoms with Crippen molar-refractivity contribution in [3.8, 4) is 0 Å². The van der Waals surface area contributed by atoms with Crippen molar-refractivity contribution in [2.24, 2.45) is 17.8 Å². The molecule has 19 heteroatoms. The van der Waals surface area contributed by atoms with E-state index in [-0.39, 0.29) is 25.7 Å². The van der Waals surface area contributed by atoms with Crippen LogP contribution in [-0.4, -0.2) is 96.7 Å². The van der Waals surface area contributed by atoms with Gasteiger partial charge in [0.25, 0.3) is 0 Å². The molecule has 0 aromatic carbocycles. The van der Waals surface area contributed by atoms with Crippen LogP contribution in [0.15, 0.2) is 0 Å². The van der Waals surface area contributed by atoms with Gasteiger partial charge in [-0.05, 0) is 43.4 Å². The predicted molar refractivity (Wildman–Crippen MR) is 335 cm³/mol. The van der Waals surface area contributed by atoms with Gasteiger partial charge in [-0.2, -0.15) is 0 Å². The minimum Gasteiger partial charge on any atom is -0.462 e. The molecule has 498 valence electrons. The summed E-state index contributed by atoms with van der Waals surface area (Å²) in [4.78, 5) is 72.2. The molecule has 0 radical (unpaired) electrons. The molecular weight excluding hydrogens is 1110 g/mol. The first-order valence-corrected chi connectivity index (χ1v) is 36.8. The van der Waals surface area contributed by atoms with Crippen molar-refractivity contribution in [3.05, 3.63) is 0 Å². The van der Waals surface area contributed by atoms with Crippen LogP contribution in [0.2, 0.25) is 0 Å². The first kappa shape index (κ1) is 82.1. The van der Waals surface area contributed by atoms with Crippen LogP contribution >= 0.6 is 15.6 Å². The molecule has 0 aliphatic carbocycles. The monoisotopic (exact) mass is 1240 g/mol.